The second kappa shape index (κ2) is 14.1. The van der Waals surface area contributed by atoms with Crippen molar-refractivity contribution in [3.63, 3.8) is 0 Å². The molecule has 0 aliphatic carbocycles. The molecule has 0 heterocycles. The maximum Gasteiger partial charge on any atom is 0.305 e. The van der Waals surface area contributed by atoms with E-state index in [-0.39, 0.29) is 24.9 Å². The second-order valence-corrected chi connectivity index (χ2v) is 2.69. The van der Waals surface area contributed by atoms with Gasteiger partial charge in [-0.25, -0.2) is 0 Å². The summed E-state index contributed by atoms with van der Waals surface area (Å²) in [6.07, 6.45) is 2.07. The zero-order chi connectivity index (χ0) is 13.5. The number of hydrogen-bond donors (Lipinski definition) is 0. The molecule has 0 aromatic rings. The molecule has 0 rings (SSSR count). The van der Waals surface area contributed by atoms with Crippen LogP contribution in [0.3, 0.4) is 0 Å². The molecule has 0 bridgehead atoms. The van der Waals surface area contributed by atoms with Gasteiger partial charge in [-0.05, 0) is 12.8 Å². The Balaban J connectivity index is 0. The summed E-state index contributed by atoms with van der Waals surface area (Å²) >= 11 is 0. The van der Waals surface area contributed by atoms with Gasteiger partial charge < -0.3 is 14.2 Å². The molecular formula is C10H16O7. The van der Waals surface area contributed by atoms with Crippen molar-refractivity contribution in [3.05, 3.63) is 0 Å². The van der Waals surface area contributed by atoms with Crippen molar-refractivity contribution in [2.75, 3.05) is 14.2 Å². The van der Waals surface area contributed by atoms with E-state index in [0.29, 0.717) is 25.7 Å². The monoisotopic (exact) mass is 248 g/mol. The van der Waals surface area contributed by atoms with Gasteiger partial charge >= 0.3 is 24.9 Å². The van der Waals surface area contributed by atoms with Crippen LogP contribution in [0.4, 0.5) is 0 Å². The Kier molecular flexibility index (Phi) is 14.5. The molecule has 98 valence electrons. The van der Waals surface area contributed by atoms with Gasteiger partial charge in [0.15, 0.2) is 0 Å². The number of hydrogen-bond acceptors (Lipinski definition) is 7. The van der Waals surface area contributed by atoms with Crippen LogP contribution in [0, 0.1) is 0 Å². The molecule has 0 unspecified atom stereocenters. The highest BCUT2D eigenvalue weighted by atomic mass is 16.6. The molecule has 17 heavy (non-hydrogen) atoms. The van der Waals surface area contributed by atoms with Gasteiger partial charge in [-0.1, -0.05) is 0 Å². The molecule has 0 saturated heterocycles. The van der Waals surface area contributed by atoms with Crippen LogP contribution in [0.1, 0.15) is 25.7 Å². The minimum atomic E-state index is -0.236. The number of ether oxygens (including phenoxy) is 3. The second-order valence-electron chi connectivity index (χ2n) is 2.69. The highest BCUT2D eigenvalue weighted by Gasteiger charge is 2.02. The standard InChI is InChI=1S/C8H14O4.C2H2O3/c1-11-7(9)5-3-4-6-8(10)12-2;3-1-5-2-4/h3-6H2,1-2H3;1-2H. The van der Waals surface area contributed by atoms with Crippen LogP contribution in [0.15, 0.2) is 0 Å². The van der Waals surface area contributed by atoms with Crippen LogP contribution in [-0.4, -0.2) is 39.1 Å². The molecule has 0 aromatic heterocycles. The first-order valence-corrected chi connectivity index (χ1v) is 4.78. The number of unbranched alkanes of at least 4 members (excludes halogenated alkanes) is 1. The Bertz CT molecular complexity index is 213. The molecule has 7 nitrogen and oxygen atoms in total. The van der Waals surface area contributed by atoms with Crippen LogP contribution in [-0.2, 0) is 33.4 Å². The average Bonchev–Trinajstić information content (AvgIpc) is 2.35. The van der Waals surface area contributed by atoms with E-state index in [9.17, 15) is 9.59 Å². The van der Waals surface area contributed by atoms with Crippen LogP contribution < -0.4 is 0 Å². The maximum absolute atomic E-state index is 10.6. The molecule has 0 aliphatic heterocycles. The van der Waals surface area contributed by atoms with Gasteiger partial charge in [-0.15, -0.1) is 0 Å². The number of esters is 2. The lowest BCUT2D eigenvalue weighted by Gasteiger charge is -1.98. The quantitative estimate of drug-likeness (QED) is 0.209. The lowest BCUT2D eigenvalue weighted by Crippen LogP contribution is -2.02. The molecule has 0 aliphatic rings. The molecular weight excluding hydrogens is 232 g/mol. The van der Waals surface area contributed by atoms with Crippen LogP contribution in [0.2, 0.25) is 0 Å². The summed E-state index contributed by atoms with van der Waals surface area (Å²) < 4.78 is 12.3. The third-order valence-corrected chi connectivity index (χ3v) is 1.58. The summed E-state index contributed by atoms with van der Waals surface area (Å²) in [5.74, 6) is -0.472. The molecule has 0 fully saturated rings. The number of carbonyl (C=O) groups is 4. The van der Waals surface area contributed by atoms with Gasteiger partial charge in [0.05, 0.1) is 14.2 Å². The van der Waals surface area contributed by atoms with Gasteiger partial charge in [-0.2, -0.15) is 0 Å². The van der Waals surface area contributed by atoms with E-state index in [1.165, 1.54) is 14.2 Å². The summed E-state index contributed by atoms with van der Waals surface area (Å²) in [7, 11) is 2.70. The molecule has 0 N–H and O–H groups in total. The van der Waals surface area contributed by atoms with Gasteiger partial charge in [-0.3, -0.25) is 19.2 Å². The SMILES string of the molecule is COC(=O)CCCCC(=O)OC.O=COC=O. The number of methoxy groups -OCH3 is 2. The lowest BCUT2D eigenvalue weighted by atomic mass is 10.2. The normalized spacial score (nSPS) is 8.12. The van der Waals surface area contributed by atoms with E-state index in [2.05, 4.69) is 14.2 Å². The highest BCUT2D eigenvalue weighted by Crippen LogP contribution is 2.01. The molecule has 0 saturated carbocycles. The molecule has 7 heteroatoms. The third-order valence-electron chi connectivity index (χ3n) is 1.58. The summed E-state index contributed by atoms with van der Waals surface area (Å²) in [4.78, 5) is 39.1. The van der Waals surface area contributed by atoms with Gasteiger partial charge in [0.1, 0.15) is 0 Å². The maximum atomic E-state index is 10.6. The fourth-order valence-corrected chi connectivity index (χ4v) is 0.765. The zero-order valence-electron chi connectivity index (χ0n) is 9.84. The Morgan fingerprint density at radius 3 is 1.41 bits per heavy atom. The summed E-state index contributed by atoms with van der Waals surface area (Å²) in [6, 6.07) is 0. The Morgan fingerprint density at radius 2 is 1.24 bits per heavy atom. The van der Waals surface area contributed by atoms with E-state index in [0.717, 1.165) is 0 Å². The van der Waals surface area contributed by atoms with E-state index >= 15 is 0 Å². The van der Waals surface area contributed by atoms with E-state index in [4.69, 9.17) is 9.59 Å². The van der Waals surface area contributed by atoms with Gasteiger partial charge in [0, 0.05) is 12.8 Å². The predicted molar refractivity (Wildman–Crippen MR) is 55.7 cm³/mol. The topological polar surface area (TPSA) is 96.0 Å². The Hall–Kier alpha value is -1.92. The van der Waals surface area contributed by atoms with Gasteiger partial charge in [0.2, 0.25) is 0 Å². The van der Waals surface area contributed by atoms with Crippen LogP contribution >= 0.6 is 0 Å². The molecule has 0 spiro atoms. The first-order valence-electron chi connectivity index (χ1n) is 4.78. The van der Waals surface area contributed by atoms with Gasteiger partial charge in [0.25, 0.3) is 0 Å². The predicted octanol–water partition coefficient (Wildman–Crippen LogP) is 0.209. The number of rotatable bonds is 7. The summed E-state index contributed by atoms with van der Waals surface area (Å²) in [5, 5.41) is 0. The number of carbonyl (C=O) groups excluding carboxylic acids is 4. The van der Waals surface area contributed by atoms with Crippen molar-refractivity contribution in [2.24, 2.45) is 0 Å². The smallest absolute Gasteiger partial charge is 0.305 e. The Morgan fingerprint density at radius 1 is 0.882 bits per heavy atom. The molecule has 0 aromatic carbocycles. The van der Waals surface area contributed by atoms with Crippen LogP contribution in [0.5, 0.6) is 0 Å². The fourth-order valence-electron chi connectivity index (χ4n) is 0.765. The summed E-state index contributed by atoms with van der Waals surface area (Å²) in [6.45, 7) is 0.125. The van der Waals surface area contributed by atoms with E-state index < -0.39 is 0 Å². The van der Waals surface area contributed by atoms with Crippen molar-refractivity contribution in [3.8, 4) is 0 Å². The molecule has 0 atom stereocenters. The fraction of sp³-hybridized carbons (Fsp3) is 0.600. The minimum absolute atomic E-state index is 0.0625. The van der Waals surface area contributed by atoms with Crippen molar-refractivity contribution in [1.29, 1.82) is 0 Å². The van der Waals surface area contributed by atoms with Crippen molar-refractivity contribution < 1.29 is 33.4 Å². The van der Waals surface area contributed by atoms with Crippen molar-refractivity contribution in [2.45, 2.75) is 25.7 Å². The van der Waals surface area contributed by atoms with Crippen molar-refractivity contribution in [1.82, 2.24) is 0 Å². The van der Waals surface area contributed by atoms with Crippen LogP contribution in [0.25, 0.3) is 0 Å². The Labute approximate surface area is 99.0 Å². The third kappa shape index (κ3) is 16.7. The van der Waals surface area contributed by atoms with E-state index in [1.54, 1.807) is 0 Å². The highest BCUT2D eigenvalue weighted by molar-refractivity contribution is 5.70. The molecule has 0 radical (unpaired) electrons. The summed E-state index contributed by atoms with van der Waals surface area (Å²) in [5.41, 5.74) is 0. The van der Waals surface area contributed by atoms with E-state index in [1.807, 2.05) is 0 Å². The first kappa shape index (κ1) is 17.5. The first-order chi connectivity index (χ1) is 8.12. The largest absolute Gasteiger partial charge is 0.469 e. The average molecular weight is 248 g/mol. The minimum Gasteiger partial charge on any atom is -0.469 e. The van der Waals surface area contributed by atoms with Crippen molar-refractivity contribution >= 4 is 24.9 Å². The zero-order valence-corrected chi connectivity index (χ0v) is 9.84. The molecule has 0 amide bonds. The lowest BCUT2D eigenvalue weighted by molar-refractivity contribution is -0.142.